The van der Waals surface area contributed by atoms with Crippen LogP contribution < -0.4 is 10.6 Å². The lowest BCUT2D eigenvalue weighted by Crippen LogP contribution is -2.21. The Kier molecular flexibility index (Phi) is 8.30. The van der Waals surface area contributed by atoms with Gasteiger partial charge in [0.15, 0.2) is 5.58 Å². The highest BCUT2D eigenvalue weighted by molar-refractivity contribution is 7.22. The number of furan rings is 1. The molecule has 1 aliphatic carbocycles. The summed E-state index contributed by atoms with van der Waals surface area (Å²) < 4.78 is 6.21. The second-order valence-corrected chi connectivity index (χ2v) is 10.2. The minimum Gasteiger partial charge on any atom is -0.454 e. The first-order valence-electron chi connectivity index (χ1n) is 12.2. The van der Waals surface area contributed by atoms with Gasteiger partial charge in [0.25, 0.3) is 0 Å². The molecule has 7 nitrogen and oxygen atoms in total. The van der Waals surface area contributed by atoms with Gasteiger partial charge in [-0.1, -0.05) is 18.3 Å². The molecule has 34 heavy (non-hydrogen) atoms. The quantitative estimate of drug-likeness (QED) is 0.277. The van der Waals surface area contributed by atoms with Crippen molar-refractivity contribution in [1.82, 2.24) is 20.3 Å². The van der Waals surface area contributed by atoms with Gasteiger partial charge in [0.1, 0.15) is 17.4 Å². The summed E-state index contributed by atoms with van der Waals surface area (Å²) in [5, 5.41) is 19.0. The molecule has 182 valence electrons. The molecule has 1 aliphatic rings. The Morgan fingerprint density at radius 1 is 1.29 bits per heavy atom. The maximum atomic E-state index is 9.58. The maximum Gasteiger partial charge on any atom is 0.153 e. The molecule has 3 atom stereocenters. The highest BCUT2D eigenvalue weighted by atomic mass is 31.0. The number of aryl methyl sites for hydroxylation is 2. The molecule has 0 aliphatic heterocycles. The number of nitrogens with zero attached hydrogens (tertiary/aromatic N) is 3. The number of nitrogens with one attached hydrogen (secondary N) is 2. The number of pyridine rings is 1. The number of aliphatic hydroxyl groups excluding tert-OH is 1. The number of hydrogen-bond acceptors (Lipinski definition) is 7. The number of anilines is 1. The molecule has 1 fully saturated rings. The summed E-state index contributed by atoms with van der Waals surface area (Å²) in [6, 6.07) is 4.42. The van der Waals surface area contributed by atoms with Crippen LogP contribution in [0.2, 0.25) is 0 Å². The van der Waals surface area contributed by atoms with Crippen LogP contribution in [0.15, 0.2) is 34.1 Å². The predicted molar refractivity (Wildman–Crippen MR) is 141 cm³/mol. The molecule has 3 unspecified atom stereocenters. The molecule has 1 saturated carbocycles. The van der Waals surface area contributed by atoms with Crippen molar-refractivity contribution in [3.63, 3.8) is 0 Å². The van der Waals surface area contributed by atoms with E-state index in [2.05, 4.69) is 56.9 Å². The Morgan fingerprint density at radius 3 is 2.88 bits per heavy atom. The van der Waals surface area contributed by atoms with Crippen molar-refractivity contribution in [3.8, 4) is 11.3 Å². The number of fused-ring (bicyclic) bond motifs is 1. The lowest BCUT2D eigenvalue weighted by atomic mass is 10.1. The van der Waals surface area contributed by atoms with Crippen LogP contribution in [0.4, 0.5) is 5.82 Å². The van der Waals surface area contributed by atoms with E-state index in [0.29, 0.717) is 12.5 Å². The molecule has 3 heterocycles. The Labute approximate surface area is 204 Å². The van der Waals surface area contributed by atoms with Crippen LogP contribution in [0.5, 0.6) is 0 Å². The molecular formula is C26H36N5O2P. The fraction of sp³-hybridized carbons (Fsp3) is 0.500. The van der Waals surface area contributed by atoms with Crippen LogP contribution in [0, 0.1) is 12.8 Å². The van der Waals surface area contributed by atoms with Gasteiger partial charge in [-0.25, -0.2) is 9.97 Å². The van der Waals surface area contributed by atoms with Crippen molar-refractivity contribution in [1.29, 1.82) is 0 Å². The second kappa shape index (κ2) is 11.4. The number of allylic oxidation sites excluding steroid dienone is 1. The largest absolute Gasteiger partial charge is 0.454 e. The Hall–Kier alpha value is -2.34. The molecule has 0 spiro atoms. The third-order valence-corrected chi connectivity index (χ3v) is 6.65. The van der Waals surface area contributed by atoms with Crippen molar-refractivity contribution in [2.45, 2.75) is 65.5 Å². The van der Waals surface area contributed by atoms with Gasteiger partial charge in [0, 0.05) is 23.7 Å². The SMILES string of the molecule is CCc1cc2cc(-c3c(C)nc(CNCC/C=C(/C)P)nc3NC3CCC(CO)C3)oc2cn1. The summed E-state index contributed by atoms with van der Waals surface area (Å²) in [4.78, 5) is 14.2. The molecule has 0 radical (unpaired) electrons. The monoisotopic (exact) mass is 481 g/mol. The molecule has 0 bridgehead atoms. The summed E-state index contributed by atoms with van der Waals surface area (Å²) in [7, 11) is 2.71. The zero-order chi connectivity index (χ0) is 24.1. The molecular weight excluding hydrogens is 445 g/mol. The van der Waals surface area contributed by atoms with E-state index in [0.717, 1.165) is 84.0 Å². The van der Waals surface area contributed by atoms with E-state index in [4.69, 9.17) is 14.4 Å². The average Bonchev–Trinajstić information content (AvgIpc) is 3.44. The van der Waals surface area contributed by atoms with Crippen molar-refractivity contribution in [2.24, 2.45) is 5.92 Å². The summed E-state index contributed by atoms with van der Waals surface area (Å²) in [5.74, 6) is 2.67. The van der Waals surface area contributed by atoms with Crippen LogP contribution >= 0.6 is 9.24 Å². The summed E-state index contributed by atoms with van der Waals surface area (Å²) >= 11 is 0. The lowest BCUT2D eigenvalue weighted by molar-refractivity contribution is 0.229. The Bertz CT molecular complexity index is 1160. The average molecular weight is 482 g/mol. The van der Waals surface area contributed by atoms with E-state index in [9.17, 15) is 5.11 Å². The fourth-order valence-corrected chi connectivity index (χ4v) is 4.75. The zero-order valence-electron chi connectivity index (χ0n) is 20.4. The van der Waals surface area contributed by atoms with E-state index >= 15 is 0 Å². The molecule has 3 aromatic heterocycles. The number of aromatic nitrogens is 3. The van der Waals surface area contributed by atoms with Gasteiger partial charge < -0.3 is 20.2 Å². The van der Waals surface area contributed by atoms with Gasteiger partial charge in [-0.3, -0.25) is 4.98 Å². The third kappa shape index (κ3) is 6.01. The summed E-state index contributed by atoms with van der Waals surface area (Å²) in [6.45, 7) is 7.91. The molecule has 3 aromatic rings. The van der Waals surface area contributed by atoms with Crippen molar-refractivity contribution in [2.75, 3.05) is 18.5 Å². The number of hydrogen-bond donors (Lipinski definition) is 3. The molecule has 0 amide bonds. The maximum absolute atomic E-state index is 9.58. The highest BCUT2D eigenvalue weighted by Gasteiger charge is 2.26. The minimum absolute atomic E-state index is 0.240. The van der Waals surface area contributed by atoms with E-state index in [1.807, 2.05) is 6.92 Å². The normalized spacial score (nSPS) is 18.7. The molecule has 3 N–H and O–H groups in total. The van der Waals surface area contributed by atoms with Crippen molar-refractivity contribution >= 4 is 26.0 Å². The van der Waals surface area contributed by atoms with E-state index in [1.165, 1.54) is 5.31 Å². The zero-order valence-corrected chi connectivity index (χ0v) is 21.6. The third-order valence-electron chi connectivity index (χ3n) is 6.42. The first-order valence-corrected chi connectivity index (χ1v) is 12.8. The number of rotatable bonds is 10. The standard InChI is InChI=1S/C26H36N5O2P/c1-4-20-11-19-12-22(33-23(19)13-28-20)25-17(3)29-24(14-27-9-5-6-16(2)34)31-26(25)30-21-8-7-18(10-21)15-32/h6,11-13,18,21,27,32H,4-5,7-10,14-15,34H2,1-3H3,(H,29,30,31)/b16-6-. The van der Waals surface area contributed by atoms with Gasteiger partial charge in [0.05, 0.1) is 24.0 Å². The van der Waals surface area contributed by atoms with Gasteiger partial charge in [-0.15, -0.1) is 9.24 Å². The van der Waals surface area contributed by atoms with Gasteiger partial charge >= 0.3 is 0 Å². The van der Waals surface area contributed by atoms with Crippen molar-refractivity contribution < 1.29 is 9.52 Å². The molecule has 0 saturated heterocycles. The van der Waals surface area contributed by atoms with Crippen LogP contribution in [-0.2, 0) is 13.0 Å². The summed E-state index contributed by atoms with van der Waals surface area (Å²) in [5.41, 5.74) is 3.59. The van der Waals surface area contributed by atoms with Gasteiger partial charge in [0.2, 0.25) is 0 Å². The molecule has 0 aromatic carbocycles. The summed E-state index contributed by atoms with van der Waals surface area (Å²) in [6.07, 6.45) is 8.83. The van der Waals surface area contributed by atoms with Crippen LogP contribution in [0.3, 0.4) is 0 Å². The smallest absolute Gasteiger partial charge is 0.153 e. The van der Waals surface area contributed by atoms with Gasteiger partial charge in [-0.2, -0.15) is 0 Å². The predicted octanol–water partition coefficient (Wildman–Crippen LogP) is 4.99. The minimum atomic E-state index is 0.240. The first-order chi connectivity index (χ1) is 16.5. The topological polar surface area (TPSA) is 96.1 Å². The van der Waals surface area contributed by atoms with E-state index in [-0.39, 0.29) is 12.6 Å². The lowest BCUT2D eigenvalue weighted by Gasteiger charge is -2.18. The van der Waals surface area contributed by atoms with Crippen molar-refractivity contribution in [3.05, 3.63) is 46.9 Å². The van der Waals surface area contributed by atoms with E-state index < -0.39 is 0 Å². The van der Waals surface area contributed by atoms with Crippen LogP contribution in [0.1, 0.15) is 56.7 Å². The van der Waals surface area contributed by atoms with Crippen LogP contribution in [0.25, 0.3) is 22.3 Å². The van der Waals surface area contributed by atoms with Crippen LogP contribution in [-0.4, -0.2) is 39.3 Å². The Balaban J connectivity index is 1.63. The highest BCUT2D eigenvalue weighted by Crippen LogP contribution is 2.36. The second-order valence-electron chi connectivity index (χ2n) is 9.24. The molecule has 4 rings (SSSR count). The molecule has 8 heteroatoms. The fourth-order valence-electron chi connectivity index (χ4n) is 4.58. The Morgan fingerprint density at radius 2 is 2.15 bits per heavy atom. The first kappa shape index (κ1) is 24.8. The van der Waals surface area contributed by atoms with Gasteiger partial charge in [-0.05, 0) is 70.5 Å². The number of aliphatic hydroxyl groups is 1. The van der Waals surface area contributed by atoms with E-state index in [1.54, 1.807) is 6.20 Å².